The van der Waals surface area contributed by atoms with Gasteiger partial charge in [-0.3, -0.25) is 4.79 Å². The Morgan fingerprint density at radius 1 is 1.29 bits per heavy atom. The molecule has 1 unspecified atom stereocenters. The Bertz CT molecular complexity index is 707. The van der Waals surface area contributed by atoms with Crippen molar-refractivity contribution in [2.24, 2.45) is 0 Å². The minimum absolute atomic E-state index is 0.0485. The summed E-state index contributed by atoms with van der Waals surface area (Å²) >= 11 is 0. The Kier molecular flexibility index (Phi) is 3.75. The van der Waals surface area contributed by atoms with E-state index >= 15 is 0 Å². The molecule has 2 rings (SSSR count). The normalized spacial score (nSPS) is 23.4. The first-order valence-electron chi connectivity index (χ1n) is 6.02. The Balaban J connectivity index is 2.58. The number of benzene rings is 1. The zero-order valence-corrected chi connectivity index (χ0v) is 11.8. The van der Waals surface area contributed by atoms with Gasteiger partial charge in [0.1, 0.15) is 10.4 Å². The van der Waals surface area contributed by atoms with Crippen LogP contribution in [0.25, 0.3) is 0 Å². The molecule has 9 heteroatoms. The molecule has 0 aliphatic carbocycles. The lowest BCUT2D eigenvalue weighted by atomic mass is 10.0. The number of aliphatic carboxylic acids is 1. The summed E-state index contributed by atoms with van der Waals surface area (Å²) in [4.78, 5) is 10.2. The Morgan fingerprint density at radius 3 is 2.48 bits per heavy atom. The van der Waals surface area contributed by atoms with E-state index in [0.29, 0.717) is 16.4 Å². The number of carboxylic acids is 1. The van der Waals surface area contributed by atoms with Gasteiger partial charge in [0.2, 0.25) is 10.0 Å². The van der Waals surface area contributed by atoms with E-state index in [1.54, 1.807) is 0 Å². The highest BCUT2D eigenvalue weighted by Crippen LogP contribution is 2.35. The molecule has 116 valence electrons. The van der Waals surface area contributed by atoms with Gasteiger partial charge in [0.15, 0.2) is 17.5 Å². The van der Waals surface area contributed by atoms with E-state index in [2.05, 4.69) is 0 Å². The van der Waals surface area contributed by atoms with Gasteiger partial charge in [-0.2, -0.15) is 4.31 Å². The van der Waals surface area contributed by atoms with Crippen LogP contribution in [0, 0.1) is 17.5 Å². The van der Waals surface area contributed by atoms with Crippen molar-refractivity contribution < 1.29 is 31.5 Å². The number of carboxylic acid groups (broad SMARTS) is 1. The van der Waals surface area contributed by atoms with Crippen molar-refractivity contribution in [3.8, 4) is 0 Å². The van der Waals surface area contributed by atoms with E-state index in [4.69, 9.17) is 0 Å². The first-order chi connectivity index (χ1) is 9.62. The highest BCUT2D eigenvalue weighted by atomic mass is 32.2. The van der Waals surface area contributed by atoms with E-state index in [-0.39, 0.29) is 19.4 Å². The molecule has 1 aromatic rings. The quantitative estimate of drug-likeness (QED) is 0.860. The fourth-order valence-corrected chi connectivity index (χ4v) is 4.23. The van der Waals surface area contributed by atoms with Crippen LogP contribution < -0.4 is 0 Å². The molecule has 5 nitrogen and oxygen atoms in total. The third-order valence-electron chi connectivity index (χ3n) is 3.60. The van der Waals surface area contributed by atoms with E-state index in [0.717, 1.165) is 0 Å². The molecule has 1 aliphatic heterocycles. The Hall–Kier alpha value is -1.61. The number of sulfonamides is 1. The van der Waals surface area contributed by atoms with Crippen molar-refractivity contribution in [1.82, 2.24) is 4.31 Å². The molecule has 1 heterocycles. The first kappa shape index (κ1) is 15.8. The maximum absolute atomic E-state index is 13.7. The van der Waals surface area contributed by atoms with Crippen LogP contribution in [0.3, 0.4) is 0 Å². The minimum atomic E-state index is -4.59. The van der Waals surface area contributed by atoms with Crippen molar-refractivity contribution in [2.45, 2.75) is 30.2 Å². The van der Waals surface area contributed by atoms with E-state index < -0.39 is 43.9 Å². The molecule has 1 aromatic carbocycles. The number of nitrogens with zero attached hydrogens (tertiary/aromatic N) is 1. The van der Waals surface area contributed by atoms with E-state index in [1.165, 1.54) is 6.92 Å². The van der Waals surface area contributed by atoms with Gasteiger partial charge in [-0.25, -0.2) is 21.6 Å². The molecular formula is C12H12F3NO4S. The first-order valence-corrected chi connectivity index (χ1v) is 7.46. The number of carbonyl (C=O) groups is 1. The maximum Gasteiger partial charge on any atom is 0.324 e. The summed E-state index contributed by atoms with van der Waals surface area (Å²) in [7, 11) is -4.59. The van der Waals surface area contributed by atoms with Gasteiger partial charge in [0, 0.05) is 6.54 Å². The average molecular weight is 323 g/mol. The van der Waals surface area contributed by atoms with Crippen LogP contribution in [-0.4, -0.2) is 35.9 Å². The summed E-state index contributed by atoms with van der Waals surface area (Å²) in [6, 6.07) is 1.07. The van der Waals surface area contributed by atoms with Crippen LogP contribution in [-0.2, 0) is 14.8 Å². The monoisotopic (exact) mass is 323 g/mol. The Morgan fingerprint density at radius 2 is 1.90 bits per heavy atom. The van der Waals surface area contributed by atoms with Crippen molar-refractivity contribution in [1.29, 1.82) is 0 Å². The standard InChI is InChI=1S/C12H12F3NO4S/c1-12(11(17)18)5-2-6-16(12)21(19,20)8-4-3-7(13)9(14)10(8)15/h3-4H,2,5-6H2,1H3,(H,17,18). The number of hydrogen-bond donors (Lipinski definition) is 1. The highest BCUT2D eigenvalue weighted by molar-refractivity contribution is 7.89. The number of rotatable bonds is 3. The van der Waals surface area contributed by atoms with Crippen LogP contribution in [0.1, 0.15) is 19.8 Å². The third-order valence-corrected chi connectivity index (χ3v) is 5.64. The summed E-state index contributed by atoms with van der Waals surface area (Å²) in [5.74, 6) is -6.66. The molecule has 21 heavy (non-hydrogen) atoms. The van der Waals surface area contributed by atoms with Crippen molar-refractivity contribution in [3.63, 3.8) is 0 Å². The van der Waals surface area contributed by atoms with Gasteiger partial charge >= 0.3 is 5.97 Å². The molecule has 0 spiro atoms. The zero-order valence-electron chi connectivity index (χ0n) is 10.9. The molecule has 1 aliphatic rings. The fraction of sp³-hybridized carbons (Fsp3) is 0.417. The third kappa shape index (κ3) is 2.30. The zero-order chi connectivity index (χ0) is 16.0. The van der Waals surface area contributed by atoms with Gasteiger partial charge in [-0.15, -0.1) is 0 Å². The molecular weight excluding hydrogens is 311 g/mol. The molecule has 0 bridgehead atoms. The molecule has 1 atom stereocenters. The molecule has 0 radical (unpaired) electrons. The van der Waals surface area contributed by atoms with Crippen LogP contribution in [0.4, 0.5) is 13.2 Å². The smallest absolute Gasteiger partial charge is 0.324 e. The molecule has 0 amide bonds. The SMILES string of the molecule is CC1(C(=O)O)CCCN1S(=O)(=O)c1ccc(F)c(F)c1F. The molecule has 0 aromatic heterocycles. The summed E-state index contributed by atoms with van der Waals surface area (Å²) in [6.07, 6.45) is 0.320. The largest absolute Gasteiger partial charge is 0.480 e. The summed E-state index contributed by atoms with van der Waals surface area (Å²) in [5.41, 5.74) is -1.74. The predicted octanol–water partition coefficient (Wildman–Crippen LogP) is 1.73. The van der Waals surface area contributed by atoms with Gasteiger partial charge in [0.05, 0.1) is 0 Å². The fourth-order valence-electron chi connectivity index (χ4n) is 2.36. The lowest BCUT2D eigenvalue weighted by Crippen LogP contribution is -2.50. The topological polar surface area (TPSA) is 74.7 Å². The average Bonchev–Trinajstić information content (AvgIpc) is 2.80. The van der Waals surface area contributed by atoms with E-state index in [9.17, 15) is 31.5 Å². The number of hydrogen-bond acceptors (Lipinski definition) is 3. The minimum Gasteiger partial charge on any atom is -0.480 e. The van der Waals surface area contributed by atoms with Crippen molar-refractivity contribution >= 4 is 16.0 Å². The second-order valence-corrected chi connectivity index (χ2v) is 6.76. The van der Waals surface area contributed by atoms with Gasteiger partial charge in [0.25, 0.3) is 0 Å². The van der Waals surface area contributed by atoms with Crippen LogP contribution in [0.15, 0.2) is 17.0 Å². The summed E-state index contributed by atoms with van der Waals surface area (Å²) in [5, 5.41) is 9.19. The highest BCUT2D eigenvalue weighted by Gasteiger charge is 2.50. The number of halogens is 3. The summed E-state index contributed by atoms with van der Waals surface area (Å²) in [6.45, 7) is 1.06. The Labute approximate surface area is 119 Å². The lowest BCUT2D eigenvalue weighted by Gasteiger charge is -2.30. The van der Waals surface area contributed by atoms with Gasteiger partial charge in [-0.05, 0) is 31.9 Å². The van der Waals surface area contributed by atoms with Crippen molar-refractivity contribution in [3.05, 3.63) is 29.6 Å². The molecule has 1 N–H and O–H groups in total. The van der Waals surface area contributed by atoms with Crippen LogP contribution in [0.2, 0.25) is 0 Å². The maximum atomic E-state index is 13.7. The summed E-state index contributed by atoms with van der Waals surface area (Å²) < 4.78 is 65.1. The van der Waals surface area contributed by atoms with Crippen LogP contribution >= 0.6 is 0 Å². The second kappa shape index (κ2) is 4.99. The van der Waals surface area contributed by atoms with Gasteiger partial charge < -0.3 is 5.11 Å². The van der Waals surface area contributed by atoms with Crippen molar-refractivity contribution in [2.75, 3.05) is 6.54 Å². The molecule has 0 saturated carbocycles. The second-order valence-electron chi connectivity index (χ2n) is 4.93. The predicted molar refractivity (Wildman–Crippen MR) is 65.5 cm³/mol. The van der Waals surface area contributed by atoms with Gasteiger partial charge in [-0.1, -0.05) is 0 Å². The molecule has 1 saturated heterocycles. The molecule has 1 fully saturated rings. The lowest BCUT2D eigenvalue weighted by molar-refractivity contribution is -0.146. The van der Waals surface area contributed by atoms with E-state index in [1.807, 2.05) is 0 Å². The van der Waals surface area contributed by atoms with Crippen LogP contribution in [0.5, 0.6) is 0 Å².